The van der Waals surface area contributed by atoms with Crippen molar-refractivity contribution in [1.82, 2.24) is 9.36 Å². The van der Waals surface area contributed by atoms with Crippen molar-refractivity contribution in [3.63, 3.8) is 0 Å². The predicted molar refractivity (Wildman–Crippen MR) is 53.1 cm³/mol. The van der Waals surface area contributed by atoms with Gasteiger partial charge in [-0.05, 0) is 18.5 Å². The van der Waals surface area contributed by atoms with Crippen LogP contribution in [0, 0.1) is 6.92 Å². The zero-order chi connectivity index (χ0) is 9.42. The Morgan fingerprint density at radius 1 is 1.62 bits per heavy atom. The Hall–Kier alpha value is -0.710. The van der Waals surface area contributed by atoms with Crippen LogP contribution in [0.4, 0.5) is 0 Å². The smallest absolute Gasteiger partial charge is 0.145 e. The fraction of sp³-hybridized carbons (Fsp3) is 0.250. The van der Waals surface area contributed by atoms with E-state index in [1.54, 1.807) is 6.20 Å². The number of rotatable bonds is 1. The first-order valence-corrected chi connectivity index (χ1v) is 4.89. The Balaban J connectivity index is 2.83. The lowest BCUT2D eigenvalue weighted by atomic mass is 10.2. The monoisotopic (exact) mass is 214 g/mol. The van der Waals surface area contributed by atoms with Crippen LogP contribution in [-0.4, -0.2) is 14.5 Å². The average molecular weight is 215 g/mol. The molecule has 3 nitrogen and oxygen atoms in total. The molecule has 2 rings (SSSR count). The van der Waals surface area contributed by atoms with Gasteiger partial charge in [0.25, 0.3) is 0 Å². The van der Waals surface area contributed by atoms with Crippen LogP contribution in [0.3, 0.4) is 0 Å². The molecule has 0 saturated carbocycles. The minimum absolute atomic E-state index is 0.0863. The molecule has 0 spiro atoms. The average Bonchev–Trinajstić information content (AvgIpc) is 2.49. The molecule has 2 heterocycles. The Kier molecular flexibility index (Phi) is 2.19. The van der Waals surface area contributed by atoms with Gasteiger partial charge in [0.15, 0.2) is 0 Å². The zero-order valence-corrected chi connectivity index (χ0v) is 8.48. The summed E-state index contributed by atoms with van der Waals surface area (Å²) in [6.45, 7) is 1.80. The highest BCUT2D eigenvalue weighted by molar-refractivity contribution is 7.13. The van der Waals surface area contributed by atoms with Gasteiger partial charge in [-0.1, -0.05) is 11.6 Å². The van der Waals surface area contributed by atoms with Crippen LogP contribution in [0.25, 0.3) is 10.2 Å². The molecule has 0 unspecified atom stereocenters. The Labute approximate surface area is 84.2 Å². The number of aliphatic hydroxyl groups excluding tert-OH is 1. The van der Waals surface area contributed by atoms with E-state index in [1.807, 2.05) is 6.92 Å². The van der Waals surface area contributed by atoms with Gasteiger partial charge in [0.05, 0.1) is 22.7 Å². The lowest BCUT2D eigenvalue weighted by molar-refractivity contribution is 0.281. The molecule has 68 valence electrons. The van der Waals surface area contributed by atoms with Gasteiger partial charge in [-0.3, -0.25) is 0 Å². The van der Waals surface area contributed by atoms with Gasteiger partial charge in [0, 0.05) is 11.8 Å². The van der Waals surface area contributed by atoms with E-state index in [4.69, 9.17) is 16.7 Å². The van der Waals surface area contributed by atoms with Crippen molar-refractivity contribution in [2.45, 2.75) is 13.5 Å². The van der Waals surface area contributed by atoms with E-state index in [0.717, 1.165) is 15.9 Å². The third kappa shape index (κ3) is 1.31. The third-order valence-electron chi connectivity index (χ3n) is 1.85. The first-order valence-electron chi connectivity index (χ1n) is 3.74. The molecule has 0 radical (unpaired) electrons. The third-order valence-corrected chi connectivity index (χ3v) is 3.13. The maximum Gasteiger partial charge on any atom is 0.145 e. The van der Waals surface area contributed by atoms with Crippen LogP contribution < -0.4 is 0 Å². The molecular formula is C8H7ClN2OS. The van der Waals surface area contributed by atoms with Crippen LogP contribution >= 0.6 is 23.1 Å². The lowest BCUT2D eigenvalue weighted by Gasteiger charge is -2.00. The van der Waals surface area contributed by atoms with E-state index in [2.05, 4.69) is 9.36 Å². The van der Waals surface area contributed by atoms with E-state index in [0.29, 0.717) is 10.6 Å². The summed E-state index contributed by atoms with van der Waals surface area (Å²) in [4.78, 5) is 4.96. The number of aryl methyl sites for hydroxylation is 1. The Morgan fingerprint density at radius 3 is 3.08 bits per heavy atom. The summed E-state index contributed by atoms with van der Waals surface area (Å²) in [6.07, 6.45) is 1.59. The van der Waals surface area contributed by atoms with E-state index in [9.17, 15) is 0 Å². The van der Waals surface area contributed by atoms with Crippen molar-refractivity contribution in [3.8, 4) is 0 Å². The van der Waals surface area contributed by atoms with Crippen LogP contribution in [0.1, 0.15) is 11.3 Å². The second kappa shape index (κ2) is 3.21. The van der Waals surface area contributed by atoms with Gasteiger partial charge in [0.2, 0.25) is 0 Å². The highest BCUT2D eigenvalue weighted by Crippen LogP contribution is 2.30. The Bertz CT molecular complexity index is 455. The summed E-state index contributed by atoms with van der Waals surface area (Å²) in [5.41, 5.74) is 1.52. The molecule has 0 aliphatic carbocycles. The Morgan fingerprint density at radius 2 is 2.38 bits per heavy atom. The number of aliphatic hydroxyl groups is 1. The number of hydrogen-bond donors (Lipinski definition) is 1. The molecule has 5 heteroatoms. The second-order valence-corrected chi connectivity index (χ2v) is 3.83. The molecule has 2 aromatic rings. The number of hydrogen-bond acceptors (Lipinski definition) is 4. The van der Waals surface area contributed by atoms with Crippen LogP contribution in [-0.2, 0) is 6.61 Å². The highest BCUT2D eigenvalue weighted by atomic mass is 35.5. The van der Waals surface area contributed by atoms with E-state index < -0.39 is 0 Å². The molecule has 0 atom stereocenters. The molecule has 2 aromatic heterocycles. The van der Waals surface area contributed by atoms with E-state index in [1.165, 1.54) is 11.5 Å². The number of pyridine rings is 1. The van der Waals surface area contributed by atoms with Crippen molar-refractivity contribution >= 4 is 33.4 Å². The standard InChI is InChI=1S/C8H7ClN2OS/c1-4-6-7(9)5(3-12)2-10-8(6)13-11-4/h2,12H,3H2,1H3. The van der Waals surface area contributed by atoms with Crippen molar-refractivity contribution in [3.05, 3.63) is 22.5 Å². The minimum atomic E-state index is -0.0863. The van der Waals surface area contributed by atoms with Crippen molar-refractivity contribution in [2.24, 2.45) is 0 Å². The molecule has 13 heavy (non-hydrogen) atoms. The lowest BCUT2D eigenvalue weighted by Crippen LogP contribution is -1.87. The molecule has 1 N–H and O–H groups in total. The molecular weight excluding hydrogens is 208 g/mol. The molecule has 0 aromatic carbocycles. The summed E-state index contributed by atoms with van der Waals surface area (Å²) in [5, 5.41) is 10.4. The molecule has 0 saturated heterocycles. The molecule has 0 aliphatic heterocycles. The summed E-state index contributed by atoms with van der Waals surface area (Å²) in [6, 6.07) is 0. The summed E-state index contributed by atoms with van der Waals surface area (Å²) in [7, 11) is 0. The van der Waals surface area contributed by atoms with Gasteiger partial charge < -0.3 is 5.11 Å². The number of aromatic nitrogens is 2. The fourth-order valence-electron chi connectivity index (χ4n) is 1.16. The topological polar surface area (TPSA) is 46.0 Å². The predicted octanol–water partition coefficient (Wildman–Crippen LogP) is 2.15. The van der Waals surface area contributed by atoms with Gasteiger partial charge in [0.1, 0.15) is 4.83 Å². The number of nitrogens with zero attached hydrogens (tertiary/aromatic N) is 2. The number of halogens is 1. The highest BCUT2D eigenvalue weighted by Gasteiger charge is 2.10. The summed E-state index contributed by atoms with van der Waals surface area (Å²) < 4.78 is 4.15. The SMILES string of the molecule is Cc1nsc2ncc(CO)c(Cl)c12. The zero-order valence-electron chi connectivity index (χ0n) is 6.91. The second-order valence-electron chi connectivity index (χ2n) is 2.70. The van der Waals surface area contributed by atoms with Gasteiger partial charge in [-0.25, -0.2) is 4.98 Å². The van der Waals surface area contributed by atoms with Crippen molar-refractivity contribution in [1.29, 1.82) is 0 Å². The van der Waals surface area contributed by atoms with E-state index in [-0.39, 0.29) is 6.61 Å². The minimum Gasteiger partial charge on any atom is -0.392 e. The molecule has 0 amide bonds. The largest absolute Gasteiger partial charge is 0.392 e. The quantitative estimate of drug-likeness (QED) is 0.791. The van der Waals surface area contributed by atoms with E-state index >= 15 is 0 Å². The maximum absolute atomic E-state index is 8.96. The summed E-state index contributed by atoms with van der Waals surface area (Å²) >= 11 is 7.38. The molecule has 0 bridgehead atoms. The first kappa shape index (κ1) is 8.87. The van der Waals surface area contributed by atoms with Crippen LogP contribution in [0.2, 0.25) is 5.02 Å². The molecule has 0 fully saturated rings. The van der Waals surface area contributed by atoms with Crippen molar-refractivity contribution in [2.75, 3.05) is 0 Å². The first-order chi connectivity index (χ1) is 6.24. The van der Waals surface area contributed by atoms with Gasteiger partial charge >= 0.3 is 0 Å². The number of fused-ring (bicyclic) bond motifs is 1. The summed E-state index contributed by atoms with van der Waals surface area (Å²) in [5.74, 6) is 0. The molecule has 0 aliphatic rings. The van der Waals surface area contributed by atoms with Gasteiger partial charge in [-0.2, -0.15) is 4.37 Å². The van der Waals surface area contributed by atoms with Crippen LogP contribution in [0.5, 0.6) is 0 Å². The van der Waals surface area contributed by atoms with Crippen LogP contribution in [0.15, 0.2) is 6.20 Å². The van der Waals surface area contributed by atoms with Gasteiger partial charge in [-0.15, -0.1) is 0 Å². The van der Waals surface area contributed by atoms with Crippen molar-refractivity contribution < 1.29 is 5.11 Å². The normalized spacial score (nSPS) is 11.0. The maximum atomic E-state index is 8.96. The fourth-order valence-corrected chi connectivity index (χ4v) is 2.31.